The van der Waals surface area contributed by atoms with Crippen LogP contribution in [0.25, 0.3) is 0 Å². The minimum Gasteiger partial charge on any atom is -0.397 e. The van der Waals surface area contributed by atoms with Gasteiger partial charge in [-0.2, -0.15) is 0 Å². The molecule has 1 spiro atoms. The van der Waals surface area contributed by atoms with Gasteiger partial charge in [-0.15, -0.1) is 0 Å². The van der Waals surface area contributed by atoms with Crippen molar-refractivity contribution >= 4 is 66.8 Å². The molecule has 0 unspecified atom stereocenters. The molecule has 4 N–H and O–H groups in total. The van der Waals surface area contributed by atoms with Gasteiger partial charge in [-0.25, -0.2) is 4.79 Å². The number of rotatable bonds is 6. The number of piperidine rings is 1. The minimum absolute atomic E-state index is 0.00937. The normalized spacial score (nSPS) is 18.6. The number of amides is 4. The average Bonchev–Trinajstić information content (AvgIpc) is 3.38. The summed E-state index contributed by atoms with van der Waals surface area (Å²) < 4.78 is 1.43. The van der Waals surface area contributed by atoms with E-state index >= 15 is 0 Å². The molecule has 3 aliphatic heterocycles. The molecular weight excluding hydrogens is 704 g/mol. The predicted molar refractivity (Wildman–Crippen MR) is 181 cm³/mol. The molecule has 3 aliphatic rings. The number of hydrogen-bond acceptors (Lipinski definition) is 7. The molecule has 0 saturated carbocycles. The van der Waals surface area contributed by atoms with Crippen LogP contribution in [0.1, 0.15) is 18.4 Å². The number of aromatic nitrogens is 1. The van der Waals surface area contributed by atoms with E-state index in [2.05, 4.69) is 57.3 Å². The fourth-order valence-corrected chi connectivity index (χ4v) is 7.78. The third-order valence-corrected chi connectivity index (χ3v) is 10.4. The van der Waals surface area contributed by atoms with E-state index in [9.17, 15) is 14.4 Å². The third-order valence-electron chi connectivity index (χ3n) is 9.08. The number of para-hydroxylation sites is 1. The van der Waals surface area contributed by atoms with Crippen LogP contribution in [0.4, 0.5) is 21.9 Å². The predicted octanol–water partition coefficient (Wildman–Crippen LogP) is 3.59. The quantitative estimate of drug-likeness (QED) is 0.330. The van der Waals surface area contributed by atoms with Crippen molar-refractivity contribution in [3.8, 4) is 0 Å². The SMILES string of the molecule is Nc1c(Br)cc(C[C@@H](NC(=O)N2CCC3(CC2)C(=O)NCN3c2ccccc2)C(=O)N2CCN(c3ccncc3)CC2)cc1Br. The highest BCUT2D eigenvalue weighted by molar-refractivity contribution is 9.11. The number of nitrogens with two attached hydrogens (primary N) is 1. The number of nitrogens with one attached hydrogen (secondary N) is 2. The molecule has 0 bridgehead atoms. The topological polar surface area (TPSA) is 127 Å². The monoisotopic (exact) mass is 738 g/mol. The Kier molecular flexibility index (Phi) is 9.18. The van der Waals surface area contributed by atoms with Crippen LogP contribution < -0.4 is 26.2 Å². The molecule has 1 aromatic heterocycles. The number of piperazine rings is 1. The van der Waals surface area contributed by atoms with E-state index in [0.29, 0.717) is 70.9 Å². The van der Waals surface area contributed by atoms with Gasteiger partial charge in [0.15, 0.2) is 0 Å². The van der Waals surface area contributed by atoms with Crippen LogP contribution in [-0.2, 0) is 16.0 Å². The highest BCUT2D eigenvalue weighted by atomic mass is 79.9. The molecule has 3 fully saturated rings. The second-order valence-electron chi connectivity index (χ2n) is 11.6. The Balaban J connectivity index is 1.15. The van der Waals surface area contributed by atoms with Crippen LogP contribution in [0.15, 0.2) is 75.9 Å². The molecule has 2 aromatic carbocycles. The Hall–Kier alpha value is -3.84. The highest BCUT2D eigenvalue weighted by Crippen LogP contribution is 2.36. The Bertz CT molecular complexity index is 1520. The number of carbonyl (C=O) groups is 3. The summed E-state index contributed by atoms with van der Waals surface area (Å²) in [6.45, 7) is 3.68. The highest BCUT2D eigenvalue weighted by Gasteiger charge is 2.51. The van der Waals surface area contributed by atoms with Gasteiger partial charge in [-0.05, 0) is 86.7 Å². The lowest BCUT2D eigenvalue weighted by molar-refractivity contribution is -0.133. The van der Waals surface area contributed by atoms with E-state index in [1.165, 1.54) is 0 Å². The molecule has 11 nitrogen and oxygen atoms in total. The summed E-state index contributed by atoms with van der Waals surface area (Å²) in [5, 5.41) is 6.06. The molecular formula is C32H36Br2N8O3. The molecule has 0 radical (unpaired) electrons. The minimum atomic E-state index is -0.779. The van der Waals surface area contributed by atoms with Gasteiger partial charge in [-0.3, -0.25) is 14.6 Å². The van der Waals surface area contributed by atoms with E-state index in [1.54, 1.807) is 17.3 Å². The molecule has 3 saturated heterocycles. The molecule has 3 aromatic rings. The van der Waals surface area contributed by atoms with E-state index in [0.717, 1.165) is 25.9 Å². The number of carbonyl (C=O) groups excluding carboxylic acids is 3. The molecule has 1 atom stereocenters. The van der Waals surface area contributed by atoms with E-state index < -0.39 is 11.6 Å². The van der Waals surface area contributed by atoms with Crippen LogP contribution in [0.5, 0.6) is 0 Å². The summed E-state index contributed by atoms with van der Waals surface area (Å²) in [6.07, 6.45) is 4.82. The number of urea groups is 1. The molecule has 0 aliphatic carbocycles. The summed E-state index contributed by atoms with van der Waals surface area (Å²) in [5.41, 5.74) is 8.89. The van der Waals surface area contributed by atoms with Crippen LogP contribution in [-0.4, -0.2) is 90.1 Å². The van der Waals surface area contributed by atoms with Gasteiger partial charge >= 0.3 is 6.03 Å². The number of nitrogen functional groups attached to an aromatic ring is 1. The van der Waals surface area contributed by atoms with Crippen molar-refractivity contribution in [3.63, 3.8) is 0 Å². The van der Waals surface area contributed by atoms with E-state index in [4.69, 9.17) is 5.73 Å². The van der Waals surface area contributed by atoms with Crippen molar-refractivity contribution in [2.24, 2.45) is 0 Å². The number of benzene rings is 2. The van der Waals surface area contributed by atoms with Gasteiger partial charge in [0.05, 0.1) is 12.4 Å². The maximum Gasteiger partial charge on any atom is 0.318 e. The van der Waals surface area contributed by atoms with Crippen molar-refractivity contribution in [3.05, 3.63) is 81.5 Å². The lowest BCUT2D eigenvalue weighted by Crippen LogP contribution is -2.60. The molecule has 45 heavy (non-hydrogen) atoms. The van der Waals surface area contributed by atoms with Crippen molar-refractivity contribution < 1.29 is 14.4 Å². The number of hydrogen-bond donors (Lipinski definition) is 3. The zero-order valence-electron chi connectivity index (χ0n) is 24.8. The number of halogens is 2. The number of anilines is 3. The van der Waals surface area contributed by atoms with E-state index in [1.807, 2.05) is 59.5 Å². The summed E-state index contributed by atoms with van der Waals surface area (Å²) in [6, 6.07) is 16.5. The van der Waals surface area contributed by atoms with Crippen LogP contribution in [0.2, 0.25) is 0 Å². The first kappa shape index (κ1) is 31.2. The first-order chi connectivity index (χ1) is 21.7. The fourth-order valence-electron chi connectivity index (χ4n) is 6.50. The zero-order chi connectivity index (χ0) is 31.6. The molecule has 13 heteroatoms. The van der Waals surface area contributed by atoms with Crippen molar-refractivity contribution in [2.75, 3.05) is 61.5 Å². The molecule has 4 amide bonds. The summed E-state index contributed by atoms with van der Waals surface area (Å²) in [4.78, 5) is 52.8. The smallest absolute Gasteiger partial charge is 0.318 e. The zero-order valence-corrected chi connectivity index (χ0v) is 28.0. The van der Waals surface area contributed by atoms with Crippen LogP contribution in [0, 0.1) is 0 Å². The Morgan fingerprint density at radius 3 is 2.20 bits per heavy atom. The van der Waals surface area contributed by atoms with Crippen molar-refractivity contribution in [2.45, 2.75) is 30.8 Å². The largest absolute Gasteiger partial charge is 0.397 e. The average molecular weight is 741 g/mol. The summed E-state index contributed by atoms with van der Waals surface area (Å²) in [7, 11) is 0. The first-order valence-corrected chi connectivity index (χ1v) is 16.7. The van der Waals surface area contributed by atoms with Crippen LogP contribution >= 0.6 is 31.9 Å². The lowest BCUT2D eigenvalue weighted by atomic mass is 9.85. The number of likely N-dealkylation sites (tertiary alicyclic amines) is 1. The van der Waals surface area contributed by atoms with Gasteiger partial charge in [0.1, 0.15) is 11.6 Å². The maximum absolute atomic E-state index is 14.0. The molecule has 236 valence electrons. The lowest BCUT2D eigenvalue weighted by Gasteiger charge is -2.43. The summed E-state index contributed by atoms with van der Waals surface area (Å²) >= 11 is 7.01. The Morgan fingerprint density at radius 1 is 0.911 bits per heavy atom. The second kappa shape index (κ2) is 13.3. The van der Waals surface area contributed by atoms with Gasteiger partial charge in [0, 0.05) is 78.4 Å². The van der Waals surface area contributed by atoms with Gasteiger partial charge in [-0.1, -0.05) is 18.2 Å². The Labute approximate surface area is 279 Å². The first-order valence-electron chi connectivity index (χ1n) is 15.1. The standard InChI is InChI=1S/C32H36Br2N8O3/c33-25-18-22(19-26(34)28(25)35)20-27(29(43)40-16-14-39(15-17-40)23-6-10-36-11-7-23)38-31(45)41-12-8-32(9-13-41)30(44)37-21-42(32)24-4-2-1-3-5-24/h1-7,10-11,18-19,27H,8-9,12-17,20-21,35H2,(H,37,44)(H,38,45)/t27-/m1/s1. The molecule has 6 rings (SSSR count). The van der Waals surface area contributed by atoms with Crippen molar-refractivity contribution in [1.82, 2.24) is 25.4 Å². The second-order valence-corrected chi connectivity index (χ2v) is 13.4. The van der Waals surface area contributed by atoms with Crippen LogP contribution in [0.3, 0.4) is 0 Å². The van der Waals surface area contributed by atoms with Gasteiger partial charge in [0.25, 0.3) is 0 Å². The fraction of sp³-hybridized carbons (Fsp3) is 0.375. The molecule has 4 heterocycles. The number of nitrogens with zero attached hydrogens (tertiary/aromatic N) is 5. The van der Waals surface area contributed by atoms with Gasteiger partial charge in [0.2, 0.25) is 11.8 Å². The van der Waals surface area contributed by atoms with E-state index in [-0.39, 0.29) is 17.8 Å². The number of pyridine rings is 1. The third kappa shape index (κ3) is 6.46. The summed E-state index contributed by atoms with van der Waals surface area (Å²) in [5.74, 6) is -0.134. The van der Waals surface area contributed by atoms with Crippen molar-refractivity contribution in [1.29, 1.82) is 0 Å². The Morgan fingerprint density at radius 2 is 1.56 bits per heavy atom. The van der Waals surface area contributed by atoms with Gasteiger partial charge < -0.3 is 36.0 Å². The maximum atomic E-state index is 14.0.